The molecule has 0 fully saturated rings. The Morgan fingerprint density at radius 2 is 0.833 bits per heavy atom. The molecule has 0 spiro atoms. The monoisotopic (exact) mass is 229 g/mol. The van der Waals surface area contributed by atoms with Gasteiger partial charge in [0.1, 0.15) is 0 Å². The fraction of sp³-hybridized carbons (Fsp3) is 0. The minimum Gasteiger partial charge on any atom is -0.344 e. The summed E-state index contributed by atoms with van der Waals surface area (Å²) >= 11 is 0. The molecule has 70 valence electrons. The zero-order valence-corrected chi connectivity index (χ0v) is 8.48. The highest BCUT2D eigenvalue weighted by molar-refractivity contribution is 8.31. The van der Waals surface area contributed by atoms with E-state index in [0.29, 0.717) is 0 Å². The summed E-state index contributed by atoms with van der Waals surface area (Å²) in [6.07, 6.45) is 0. The van der Waals surface area contributed by atoms with Crippen molar-refractivity contribution >= 4 is 29.6 Å². The Kier molecular flexibility index (Phi) is 8.74. The molecule has 0 atom stereocenters. The summed E-state index contributed by atoms with van der Waals surface area (Å²) < 4.78 is 18.3. The van der Waals surface area contributed by atoms with E-state index in [1.165, 1.54) is 0 Å². The predicted octanol–water partition coefficient (Wildman–Crippen LogP) is 2.56. The average molecular weight is 230 g/mol. The van der Waals surface area contributed by atoms with Crippen LogP contribution in [0.1, 0.15) is 0 Å². The third-order valence-corrected chi connectivity index (χ3v) is 0.667. The summed E-state index contributed by atoms with van der Waals surface area (Å²) in [5, 5.41) is 0. The predicted molar refractivity (Wildman–Crippen MR) is 52.1 cm³/mol. The van der Waals surface area contributed by atoms with E-state index < -0.39 is 8.26 Å². The van der Waals surface area contributed by atoms with Crippen molar-refractivity contribution in [2.75, 3.05) is 0 Å². The largest absolute Gasteiger partial charge is 0.344 e. The van der Waals surface area contributed by atoms with Gasteiger partial charge in [-0.1, -0.05) is 36.4 Å². The van der Waals surface area contributed by atoms with Crippen molar-refractivity contribution in [3.05, 3.63) is 36.4 Å². The zero-order valence-electron chi connectivity index (χ0n) is 6.15. The molecule has 0 aliphatic rings. The van der Waals surface area contributed by atoms with Crippen molar-refractivity contribution in [3.63, 3.8) is 0 Å². The fourth-order valence-corrected chi connectivity index (χ4v) is 0.385. The van der Waals surface area contributed by atoms with Gasteiger partial charge in [0.15, 0.2) is 0 Å². The Hall–Kier alpha value is -0.290. The van der Waals surface area contributed by atoms with Crippen molar-refractivity contribution in [1.29, 1.82) is 0 Å². The Labute approximate surface area is 80.8 Å². The van der Waals surface area contributed by atoms with Gasteiger partial charge in [0.2, 0.25) is 0 Å². The van der Waals surface area contributed by atoms with E-state index in [1.807, 2.05) is 36.4 Å². The molecule has 0 aliphatic carbocycles. The van der Waals surface area contributed by atoms with Crippen LogP contribution in [0, 0.1) is 0 Å². The van der Waals surface area contributed by atoms with Gasteiger partial charge in [-0.3, -0.25) is 0 Å². The minimum atomic E-state index is -3.72. The van der Waals surface area contributed by atoms with E-state index in [4.69, 9.17) is 8.42 Å². The number of hydrogen-bond donors (Lipinski definition) is 1. The van der Waals surface area contributed by atoms with Crippen molar-refractivity contribution in [2.45, 2.75) is 0 Å². The summed E-state index contributed by atoms with van der Waals surface area (Å²) in [7, 11) is 4.81. The molecule has 6 heteroatoms. The number of halogens is 2. The molecule has 3 nitrogen and oxygen atoms in total. The van der Waals surface area contributed by atoms with Crippen LogP contribution in [0.25, 0.3) is 0 Å². The Balaban J connectivity index is 0. The Morgan fingerprint density at radius 1 is 0.750 bits per heavy atom. The number of rotatable bonds is 0. The molecule has 1 rings (SSSR count). The second-order valence-electron chi connectivity index (χ2n) is 1.53. The molecule has 0 aromatic heterocycles. The van der Waals surface area contributed by atoms with Gasteiger partial charge in [-0.15, -0.1) is 0 Å². The first-order chi connectivity index (χ1) is 5.00. The lowest BCUT2D eigenvalue weighted by atomic mass is 10.4. The minimum absolute atomic E-state index is 0. The first-order valence-electron chi connectivity index (χ1n) is 2.64. The normalized spacial score (nSPS) is 8.83. The summed E-state index contributed by atoms with van der Waals surface area (Å²) in [6.45, 7) is 0. The van der Waals surface area contributed by atoms with Gasteiger partial charge in [0.25, 0.3) is 0 Å². The molecule has 0 saturated heterocycles. The number of hydrogen-bond acceptors (Lipinski definition) is 3. The maximum atomic E-state index is 9.16. The molecule has 0 unspecified atom stereocenters. The lowest BCUT2D eigenvalue weighted by Gasteiger charge is -1.69. The van der Waals surface area contributed by atoms with Gasteiger partial charge in [-0.25, -0.2) is 0 Å². The first-order valence-corrected chi connectivity index (χ1v) is 5.78. The van der Waals surface area contributed by atoms with E-state index >= 15 is 0 Å². The van der Waals surface area contributed by atoms with Crippen LogP contribution in [0.15, 0.2) is 36.4 Å². The second kappa shape index (κ2) is 7.36. The van der Waals surface area contributed by atoms with E-state index in [9.17, 15) is 0 Å². The standard InChI is InChI=1S/C6H6.Cl2O2S.H3N/c1-2-4-6-5-3-1;1-5(2,3)4;/h1-6H;;1H3. The average Bonchev–Trinajstić information content (AvgIpc) is 1.88. The quantitative estimate of drug-likeness (QED) is 0.696. The third kappa shape index (κ3) is 22.6. The van der Waals surface area contributed by atoms with Gasteiger partial charge >= 0.3 is 8.26 Å². The van der Waals surface area contributed by atoms with E-state index in [2.05, 4.69) is 21.4 Å². The summed E-state index contributed by atoms with van der Waals surface area (Å²) in [6, 6.07) is 12.0. The van der Waals surface area contributed by atoms with Crippen LogP contribution in [0.3, 0.4) is 0 Å². The van der Waals surface area contributed by atoms with Crippen molar-refractivity contribution in [2.24, 2.45) is 0 Å². The SMILES string of the molecule is N.O=S(=O)(Cl)Cl.c1ccccc1. The van der Waals surface area contributed by atoms with Crippen molar-refractivity contribution in [3.8, 4) is 0 Å². The van der Waals surface area contributed by atoms with Crippen molar-refractivity contribution in [1.82, 2.24) is 6.15 Å². The summed E-state index contributed by atoms with van der Waals surface area (Å²) in [4.78, 5) is 0. The maximum absolute atomic E-state index is 9.16. The van der Waals surface area contributed by atoms with Crippen LogP contribution in [-0.2, 0) is 8.26 Å². The van der Waals surface area contributed by atoms with Crippen LogP contribution < -0.4 is 6.15 Å². The van der Waals surface area contributed by atoms with E-state index in [-0.39, 0.29) is 6.15 Å². The van der Waals surface area contributed by atoms with Gasteiger partial charge in [-0.05, 0) is 0 Å². The third-order valence-electron chi connectivity index (χ3n) is 0.667. The topological polar surface area (TPSA) is 69.1 Å². The Morgan fingerprint density at radius 3 is 0.917 bits per heavy atom. The number of benzene rings is 1. The van der Waals surface area contributed by atoms with Crippen LogP contribution in [0.5, 0.6) is 0 Å². The molecular formula is C6H9Cl2NO2S. The van der Waals surface area contributed by atoms with Crippen LogP contribution in [0.4, 0.5) is 0 Å². The van der Waals surface area contributed by atoms with Crippen LogP contribution in [-0.4, -0.2) is 8.42 Å². The van der Waals surface area contributed by atoms with Gasteiger partial charge in [0, 0.05) is 21.4 Å². The smallest absolute Gasteiger partial charge is 0.317 e. The zero-order chi connectivity index (χ0) is 8.74. The first kappa shape index (κ1) is 14.2. The van der Waals surface area contributed by atoms with E-state index in [0.717, 1.165) is 0 Å². The van der Waals surface area contributed by atoms with Gasteiger partial charge in [-0.2, -0.15) is 8.42 Å². The molecule has 1 aromatic carbocycles. The molecule has 0 heterocycles. The van der Waals surface area contributed by atoms with Gasteiger partial charge in [0.05, 0.1) is 0 Å². The highest BCUT2D eigenvalue weighted by Crippen LogP contribution is 1.98. The van der Waals surface area contributed by atoms with Crippen LogP contribution >= 0.6 is 21.4 Å². The molecule has 12 heavy (non-hydrogen) atoms. The van der Waals surface area contributed by atoms with Crippen LogP contribution in [0.2, 0.25) is 0 Å². The summed E-state index contributed by atoms with van der Waals surface area (Å²) in [5.41, 5.74) is 0. The highest BCUT2D eigenvalue weighted by Gasteiger charge is 1.88. The molecule has 0 aliphatic heterocycles. The molecule has 0 amide bonds. The molecule has 0 bridgehead atoms. The molecule has 0 radical (unpaired) electrons. The van der Waals surface area contributed by atoms with E-state index in [1.54, 1.807) is 0 Å². The van der Waals surface area contributed by atoms with Gasteiger partial charge < -0.3 is 6.15 Å². The molecular weight excluding hydrogens is 221 g/mol. The maximum Gasteiger partial charge on any atom is 0.317 e. The molecule has 1 aromatic rings. The summed E-state index contributed by atoms with van der Waals surface area (Å²) in [5.74, 6) is 0. The molecule has 3 N–H and O–H groups in total. The van der Waals surface area contributed by atoms with Crippen molar-refractivity contribution < 1.29 is 8.42 Å². The lowest BCUT2D eigenvalue weighted by Crippen LogP contribution is -1.63. The highest BCUT2D eigenvalue weighted by atomic mass is 36.0. The second-order valence-corrected chi connectivity index (χ2v) is 5.20. The molecule has 0 saturated carbocycles. The lowest BCUT2D eigenvalue weighted by molar-refractivity contribution is 0.621. The Bertz CT molecular complexity index is 240. The fourth-order valence-electron chi connectivity index (χ4n) is 0.385.